The van der Waals surface area contributed by atoms with Crippen molar-refractivity contribution in [1.82, 2.24) is 9.13 Å². The monoisotopic (exact) mass is 326 g/mol. The molecule has 2 aromatic carbocycles. The highest BCUT2D eigenvalue weighted by Gasteiger charge is 2.16. The average Bonchev–Trinajstić information content (AvgIpc) is 3.05. The molecule has 0 bridgehead atoms. The molecule has 0 unspecified atom stereocenters. The molecule has 0 atom stereocenters. The summed E-state index contributed by atoms with van der Waals surface area (Å²) in [6, 6.07) is 14.0. The molecule has 0 saturated heterocycles. The van der Waals surface area contributed by atoms with Crippen molar-refractivity contribution in [3.05, 3.63) is 69.6 Å². The lowest BCUT2D eigenvalue weighted by Gasteiger charge is -2.11. The number of nitrogens with zero attached hydrogens (tertiary/aromatic N) is 2. The van der Waals surface area contributed by atoms with Gasteiger partial charge in [0.15, 0.2) is 11.2 Å². The SMILES string of the molecule is O=c1oc2ccccc2n1CC(O)Cn1c(=O)oc2ccccc21. The Morgan fingerprint density at radius 2 is 1.21 bits per heavy atom. The van der Waals surface area contributed by atoms with Crippen molar-refractivity contribution in [1.29, 1.82) is 0 Å². The number of aromatic nitrogens is 2. The molecule has 0 amide bonds. The first-order valence-corrected chi connectivity index (χ1v) is 7.48. The fraction of sp³-hybridized carbons (Fsp3) is 0.176. The van der Waals surface area contributed by atoms with Gasteiger partial charge in [-0.25, -0.2) is 9.59 Å². The van der Waals surface area contributed by atoms with Crippen molar-refractivity contribution in [3.63, 3.8) is 0 Å². The Kier molecular flexibility index (Phi) is 3.35. The molecule has 1 N–H and O–H groups in total. The van der Waals surface area contributed by atoms with Gasteiger partial charge in [-0.15, -0.1) is 0 Å². The van der Waals surface area contributed by atoms with Crippen LogP contribution in [-0.4, -0.2) is 20.3 Å². The number of hydrogen-bond acceptors (Lipinski definition) is 5. The number of aliphatic hydroxyl groups excluding tert-OH is 1. The predicted molar refractivity (Wildman–Crippen MR) is 87.0 cm³/mol. The summed E-state index contributed by atoms with van der Waals surface area (Å²) in [6.45, 7) is 0.0313. The summed E-state index contributed by atoms with van der Waals surface area (Å²) in [5.41, 5.74) is 2.12. The van der Waals surface area contributed by atoms with Crippen LogP contribution in [0.4, 0.5) is 0 Å². The molecule has 122 valence electrons. The van der Waals surface area contributed by atoms with Crippen molar-refractivity contribution in [2.75, 3.05) is 0 Å². The minimum absolute atomic E-state index is 0.0157. The van der Waals surface area contributed by atoms with Gasteiger partial charge in [0.1, 0.15) is 0 Å². The van der Waals surface area contributed by atoms with Gasteiger partial charge in [0.2, 0.25) is 0 Å². The number of hydrogen-bond donors (Lipinski definition) is 1. The maximum Gasteiger partial charge on any atom is 0.420 e. The Labute approximate surface area is 135 Å². The third-order valence-corrected chi connectivity index (χ3v) is 3.93. The van der Waals surface area contributed by atoms with E-state index in [4.69, 9.17) is 8.83 Å². The van der Waals surface area contributed by atoms with Gasteiger partial charge in [0.25, 0.3) is 0 Å². The maximum absolute atomic E-state index is 12.0. The molecule has 4 aromatic rings. The van der Waals surface area contributed by atoms with Gasteiger partial charge < -0.3 is 13.9 Å². The second kappa shape index (κ2) is 5.54. The van der Waals surface area contributed by atoms with E-state index < -0.39 is 17.6 Å². The number of rotatable bonds is 4. The minimum atomic E-state index is -0.956. The van der Waals surface area contributed by atoms with Gasteiger partial charge in [-0.1, -0.05) is 24.3 Å². The second-order valence-corrected chi connectivity index (χ2v) is 5.55. The molecule has 7 nitrogen and oxygen atoms in total. The Morgan fingerprint density at radius 1 is 0.792 bits per heavy atom. The molecule has 0 aliphatic carbocycles. The smallest absolute Gasteiger partial charge is 0.408 e. The van der Waals surface area contributed by atoms with E-state index >= 15 is 0 Å². The molecule has 2 heterocycles. The van der Waals surface area contributed by atoms with Crippen LogP contribution in [0.15, 0.2) is 67.0 Å². The Balaban J connectivity index is 1.66. The first-order valence-electron chi connectivity index (χ1n) is 7.48. The molecule has 0 spiro atoms. The quantitative estimate of drug-likeness (QED) is 0.615. The zero-order valence-corrected chi connectivity index (χ0v) is 12.6. The van der Waals surface area contributed by atoms with Crippen LogP contribution >= 0.6 is 0 Å². The van der Waals surface area contributed by atoms with Crippen LogP contribution in [0.3, 0.4) is 0 Å². The van der Waals surface area contributed by atoms with Gasteiger partial charge in [-0.3, -0.25) is 9.13 Å². The van der Waals surface area contributed by atoms with Gasteiger partial charge in [-0.05, 0) is 24.3 Å². The van der Waals surface area contributed by atoms with Crippen LogP contribution in [0.1, 0.15) is 0 Å². The summed E-state index contributed by atoms with van der Waals surface area (Å²) in [6.07, 6.45) is -0.956. The Morgan fingerprint density at radius 3 is 1.67 bits per heavy atom. The average molecular weight is 326 g/mol. The van der Waals surface area contributed by atoms with Crippen LogP contribution in [-0.2, 0) is 13.1 Å². The largest absolute Gasteiger partial charge is 0.420 e. The van der Waals surface area contributed by atoms with Crippen LogP contribution in [0.2, 0.25) is 0 Å². The number of fused-ring (bicyclic) bond motifs is 2. The predicted octanol–water partition coefficient (Wildman–Crippen LogP) is 1.56. The molecule has 24 heavy (non-hydrogen) atoms. The van der Waals surface area contributed by atoms with E-state index in [0.29, 0.717) is 22.2 Å². The normalized spacial score (nSPS) is 11.8. The lowest BCUT2D eigenvalue weighted by Crippen LogP contribution is -2.29. The lowest BCUT2D eigenvalue weighted by molar-refractivity contribution is 0.131. The second-order valence-electron chi connectivity index (χ2n) is 5.55. The number of aliphatic hydroxyl groups is 1. The molecule has 0 aliphatic rings. The maximum atomic E-state index is 12.0. The van der Waals surface area contributed by atoms with E-state index in [1.807, 2.05) is 0 Å². The van der Waals surface area contributed by atoms with E-state index in [-0.39, 0.29) is 13.1 Å². The van der Waals surface area contributed by atoms with Crippen LogP contribution in [0.5, 0.6) is 0 Å². The fourth-order valence-corrected chi connectivity index (χ4v) is 2.85. The first kappa shape index (κ1) is 14.5. The summed E-state index contributed by atoms with van der Waals surface area (Å²) < 4.78 is 13.0. The highest BCUT2D eigenvalue weighted by Crippen LogP contribution is 2.14. The highest BCUT2D eigenvalue weighted by molar-refractivity contribution is 5.73. The lowest BCUT2D eigenvalue weighted by atomic mass is 10.3. The van der Waals surface area contributed by atoms with Crippen molar-refractivity contribution in [3.8, 4) is 0 Å². The molecular weight excluding hydrogens is 312 g/mol. The van der Waals surface area contributed by atoms with E-state index in [9.17, 15) is 14.7 Å². The summed E-state index contributed by atoms with van der Waals surface area (Å²) in [5, 5.41) is 10.4. The van der Waals surface area contributed by atoms with Gasteiger partial charge in [0.05, 0.1) is 30.2 Å². The van der Waals surface area contributed by atoms with Crippen molar-refractivity contribution < 1.29 is 13.9 Å². The number of oxazole rings is 2. The van der Waals surface area contributed by atoms with Crippen LogP contribution in [0, 0.1) is 0 Å². The number of para-hydroxylation sites is 4. The molecule has 0 fully saturated rings. The Bertz CT molecular complexity index is 1040. The van der Waals surface area contributed by atoms with Crippen molar-refractivity contribution in [2.24, 2.45) is 0 Å². The van der Waals surface area contributed by atoms with Crippen molar-refractivity contribution >= 4 is 22.2 Å². The molecule has 2 aromatic heterocycles. The molecular formula is C17H14N2O5. The zero-order chi connectivity index (χ0) is 16.7. The van der Waals surface area contributed by atoms with E-state index in [1.165, 1.54) is 9.13 Å². The van der Waals surface area contributed by atoms with Gasteiger partial charge >= 0.3 is 11.5 Å². The molecule has 0 radical (unpaired) electrons. The highest BCUT2D eigenvalue weighted by atomic mass is 16.4. The molecule has 0 aliphatic heterocycles. The molecule has 7 heteroatoms. The van der Waals surface area contributed by atoms with Crippen molar-refractivity contribution in [2.45, 2.75) is 19.2 Å². The zero-order valence-electron chi connectivity index (χ0n) is 12.6. The third-order valence-electron chi connectivity index (χ3n) is 3.93. The summed E-state index contributed by atoms with van der Waals surface area (Å²) >= 11 is 0. The summed E-state index contributed by atoms with van der Waals surface area (Å²) in [7, 11) is 0. The summed E-state index contributed by atoms with van der Waals surface area (Å²) in [5.74, 6) is -1.08. The van der Waals surface area contributed by atoms with Gasteiger partial charge in [0, 0.05) is 0 Å². The third kappa shape index (κ3) is 2.35. The van der Waals surface area contributed by atoms with E-state index in [0.717, 1.165) is 0 Å². The van der Waals surface area contributed by atoms with Gasteiger partial charge in [-0.2, -0.15) is 0 Å². The fourth-order valence-electron chi connectivity index (χ4n) is 2.85. The van der Waals surface area contributed by atoms with E-state index in [2.05, 4.69) is 0 Å². The summed E-state index contributed by atoms with van der Waals surface area (Å²) in [4.78, 5) is 23.9. The van der Waals surface area contributed by atoms with Crippen LogP contribution in [0.25, 0.3) is 22.2 Å². The first-order chi connectivity index (χ1) is 11.6. The standard InChI is InChI=1S/C17H14N2O5/c20-11(9-18-12-5-1-3-7-14(12)23-16(18)21)10-19-13-6-2-4-8-15(13)24-17(19)22/h1-8,11,20H,9-10H2. The van der Waals surface area contributed by atoms with Crippen LogP contribution < -0.4 is 11.5 Å². The van der Waals surface area contributed by atoms with E-state index in [1.54, 1.807) is 48.5 Å². The topological polar surface area (TPSA) is 90.5 Å². The molecule has 4 rings (SSSR count). The minimum Gasteiger partial charge on any atom is -0.408 e. The number of benzene rings is 2. The molecule has 0 saturated carbocycles. The Hall–Kier alpha value is -3.06.